The molecule has 1 N–H and O–H groups in total. The van der Waals surface area contributed by atoms with Crippen LogP contribution in [0.25, 0.3) is 22.3 Å². The molecule has 1 heterocycles. The lowest BCUT2D eigenvalue weighted by Crippen LogP contribution is -2.10. The monoisotopic (exact) mass is 388 g/mol. The van der Waals surface area contributed by atoms with Crippen LogP contribution in [0.1, 0.15) is 0 Å². The summed E-state index contributed by atoms with van der Waals surface area (Å²) in [7, 11) is 6.97. The van der Waals surface area contributed by atoms with Crippen molar-refractivity contribution in [3.8, 4) is 45.8 Å². The van der Waals surface area contributed by atoms with Crippen molar-refractivity contribution in [2.45, 2.75) is 0 Å². The topological polar surface area (TPSA) is 96.6 Å². The van der Waals surface area contributed by atoms with Crippen LogP contribution in [-0.4, -0.2) is 40.7 Å². The Morgan fingerprint density at radius 1 is 0.750 bits per heavy atom. The zero-order chi connectivity index (χ0) is 20.4. The second kappa shape index (κ2) is 7.59. The Morgan fingerprint density at radius 3 is 1.82 bits per heavy atom. The van der Waals surface area contributed by atoms with E-state index in [1.807, 2.05) is 0 Å². The van der Waals surface area contributed by atoms with Gasteiger partial charge in [0.2, 0.25) is 28.4 Å². The van der Waals surface area contributed by atoms with Gasteiger partial charge in [-0.25, -0.2) is 0 Å². The first kappa shape index (κ1) is 19.2. The highest BCUT2D eigenvalue weighted by atomic mass is 16.5. The maximum absolute atomic E-state index is 13.2. The van der Waals surface area contributed by atoms with Crippen LogP contribution in [0, 0.1) is 0 Å². The Kier molecular flexibility index (Phi) is 5.21. The number of ether oxygens (including phenoxy) is 5. The van der Waals surface area contributed by atoms with Gasteiger partial charge in [0.05, 0.1) is 35.5 Å². The van der Waals surface area contributed by atoms with Crippen LogP contribution in [0.5, 0.6) is 34.5 Å². The minimum Gasteiger partial charge on any atom is -0.502 e. The van der Waals surface area contributed by atoms with Gasteiger partial charge in [-0.1, -0.05) is 0 Å². The molecule has 3 rings (SSSR count). The van der Waals surface area contributed by atoms with Crippen molar-refractivity contribution in [2.24, 2.45) is 0 Å². The first-order valence-corrected chi connectivity index (χ1v) is 8.22. The lowest BCUT2D eigenvalue weighted by atomic mass is 10.1. The van der Waals surface area contributed by atoms with E-state index < -0.39 is 5.43 Å². The predicted octanol–water partition coefficient (Wildman–Crippen LogP) is 3.21. The second-order valence-corrected chi connectivity index (χ2v) is 5.67. The molecule has 0 saturated heterocycles. The minimum absolute atomic E-state index is 0.0131. The molecule has 3 aromatic rings. The van der Waals surface area contributed by atoms with E-state index in [9.17, 15) is 9.90 Å². The molecule has 2 aromatic carbocycles. The van der Waals surface area contributed by atoms with Crippen molar-refractivity contribution < 1.29 is 33.2 Å². The third kappa shape index (κ3) is 2.83. The van der Waals surface area contributed by atoms with Gasteiger partial charge in [0.15, 0.2) is 17.1 Å². The molecule has 0 atom stereocenters. The van der Waals surface area contributed by atoms with Crippen molar-refractivity contribution in [1.29, 1.82) is 0 Å². The quantitative estimate of drug-likeness (QED) is 0.688. The maximum Gasteiger partial charge on any atom is 0.239 e. The van der Waals surface area contributed by atoms with Crippen molar-refractivity contribution >= 4 is 11.0 Å². The summed E-state index contributed by atoms with van der Waals surface area (Å²) in [4.78, 5) is 13.2. The molecule has 0 fully saturated rings. The molecule has 0 unspecified atom stereocenters. The first-order chi connectivity index (χ1) is 13.5. The summed E-state index contributed by atoms with van der Waals surface area (Å²) in [5.74, 6) is 0.378. The SMILES string of the molecule is COc1ccc(-c2oc3c(OC)c(OC)c(O)c(OC)c3c(=O)c2OC)cc1. The number of benzene rings is 2. The normalized spacial score (nSPS) is 10.6. The molecule has 0 aliphatic heterocycles. The highest BCUT2D eigenvalue weighted by molar-refractivity contribution is 5.96. The molecular formula is C20H20O8. The predicted molar refractivity (Wildman–Crippen MR) is 102 cm³/mol. The lowest BCUT2D eigenvalue weighted by Gasteiger charge is -2.17. The molecule has 0 aliphatic carbocycles. The number of methoxy groups -OCH3 is 5. The van der Waals surface area contributed by atoms with Crippen molar-refractivity contribution in [1.82, 2.24) is 0 Å². The largest absolute Gasteiger partial charge is 0.502 e. The van der Waals surface area contributed by atoms with E-state index in [0.29, 0.717) is 11.3 Å². The molecule has 148 valence electrons. The lowest BCUT2D eigenvalue weighted by molar-refractivity contribution is 0.316. The van der Waals surface area contributed by atoms with Crippen LogP contribution in [0.4, 0.5) is 0 Å². The molecule has 8 heteroatoms. The third-order valence-corrected chi connectivity index (χ3v) is 4.31. The third-order valence-electron chi connectivity index (χ3n) is 4.31. The molecular weight excluding hydrogens is 368 g/mol. The van der Waals surface area contributed by atoms with Crippen LogP contribution in [0.3, 0.4) is 0 Å². The molecule has 0 bridgehead atoms. The summed E-state index contributed by atoms with van der Waals surface area (Å²) in [5.41, 5.74) is 0.123. The average Bonchev–Trinajstić information content (AvgIpc) is 2.73. The summed E-state index contributed by atoms with van der Waals surface area (Å²) in [5, 5.41) is 10.4. The van der Waals surface area contributed by atoms with Crippen LogP contribution < -0.4 is 29.1 Å². The summed E-state index contributed by atoms with van der Waals surface area (Å²) < 4.78 is 32.3. The van der Waals surface area contributed by atoms with Gasteiger partial charge >= 0.3 is 0 Å². The van der Waals surface area contributed by atoms with Gasteiger partial charge in [-0.2, -0.15) is 0 Å². The minimum atomic E-state index is -0.525. The first-order valence-electron chi connectivity index (χ1n) is 8.22. The fourth-order valence-electron chi connectivity index (χ4n) is 3.01. The number of aromatic hydroxyl groups is 1. The van der Waals surface area contributed by atoms with Gasteiger partial charge in [-0.05, 0) is 24.3 Å². The van der Waals surface area contributed by atoms with E-state index >= 15 is 0 Å². The number of hydrogen-bond donors (Lipinski definition) is 1. The van der Waals surface area contributed by atoms with Crippen molar-refractivity contribution in [3.05, 3.63) is 34.5 Å². The van der Waals surface area contributed by atoms with Gasteiger partial charge in [0, 0.05) is 5.56 Å². The number of rotatable bonds is 6. The van der Waals surface area contributed by atoms with Gasteiger partial charge < -0.3 is 33.2 Å². The Hall–Kier alpha value is -3.55. The van der Waals surface area contributed by atoms with Gasteiger partial charge in [0.25, 0.3) is 0 Å². The Balaban J connectivity index is 2.47. The van der Waals surface area contributed by atoms with E-state index in [-0.39, 0.29) is 45.5 Å². The molecule has 0 saturated carbocycles. The van der Waals surface area contributed by atoms with E-state index in [4.69, 9.17) is 28.1 Å². The highest BCUT2D eigenvalue weighted by Gasteiger charge is 2.29. The zero-order valence-corrected chi connectivity index (χ0v) is 16.1. The van der Waals surface area contributed by atoms with E-state index in [2.05, 4.69) is 0 Å². The molecule has 0 amide bonds. The molecule has 8 nitrogen and oxygen atoms in total. The molecule has 0 spiro atoms. The number of phenolic OH excluding ortho intramolecular Hbond substituents is 1. The second-order valence-electron chi connectivity index (χ2n) is 5.67. The zero-order valence-electron chi connectivity index (χ0n) is 16.1. The molecule has 1 aromatic heterocycles. The Bertz CT molecular complexity index is 1070. The fourth-order valence-corrected chi connectivity index (χ4v) is 3.01. The van der Waals surface area contributed by atoms with Crippen LogP contribution in [0.15, 0.2) is 33.5 Å². The summed E-state index contributed by atoms with van der Waals surface area (Å²) >= 11 is 0. The molecule has 28 heavy (non-hydrogen) atoms. The number of phenols is 1. The maximum atomic E-state index is 13.2. The fraction of sp³-hybridized carbons (Fsp3) is 0.250. The number of hydrogen-bond acceptors (Lipinski definition) is 8. The standard InChI is InChI=1S/C20H20O8/c1-23-11-8-6-10(7-9-11)15-18(25-3)13(21)12-16(24-2)14(22)19(26-4)20(27-5)17(12)28-15/h6-9,22H,1-5H3. The average molecular weight is 388 g/mol. The number of fused-ring (bicyclic) bond motifs is 1. The Morgan fingerprint density at radius 2 is 1.32 bits per heavy atom. The van der Waals surface area contributed by atoms with Gasteiger partial charge in [0.1, 0.15) is 11.1 Å². The van der Waals surface area contributed by atoms with Gasteiger partial charge in [-0.15, -0.1) is 0 Å². The highest BCUT2D eigenvalue weighted by Crippen LogP contribution is 2.50. The van der Waals surface area contributed by atoms with E-state index in [1.165, 1.54) is 28.4 Å². The molecule has 0 aliphatic rings. The van der Waals surface area contributed by atoms with Crippen LogP contribution in [-0.2, 0) is 0 Å². The van der Waals surface area contributed by atoms with Gasteiger partial charge in [-0.3, -0.25) is 4.79 Å². The van der Waals surface area contributed by atoms with Crippen molar-refractivity contribution in [2.75, 3.05) is 35.5 Å². The smallest absolute Gasteiger partial charge is 0.239 e. The Labute approximate surface area is 160 Å². The van der Waals surface area contributed by atoms with Crippen LogP contribution >= 0.6 is 0 Å². The van der Waals surface area contributed by atoms with Crippen molar-refractivity contribution in [3.63, 3.8) is 0 Å². The molecule has 0 radical (unpaired) electrons. The summed E-state index contributed by atoms with van der Waals surface area (Å²) in [6, 6.07) is 6.92. The summed E-state index contributed by atoms with van der Waals surface area (Å²) in [6.45, 7) is 0. The van der Waals surface area contributed by atoms with Crippen LogP contribution in [0.2, 0.25) is 0 Å². The summed E-state index contributed by atoms with van der Waals surface area (Å²) in [6.07, 6.45) is 0. The van der Waals surface area contributed by atoms with E-state index in [0.717, 1.165) is 0 Å². The van der Waals surface area contributed by atoms with E-state index in [1.54, 1.807) is 31.4 Å².